The van der Waals surface area contributed by atoms with Gasteiger partial charge in [0.25, 0.3) is 0 Å². The molecule has 5 heterocycles. The van der Waals surface area contributed by atoms with E-state index >= 15 is 0 Å². The van der Waals surface area contributed by atoms with Crippen molar-refractivity contribution in [3.8, 4) is 6.07 Å². The van der Waals surface area contributed by atoms with Crippen molar-refractivity contribution in [2.75, 3.05) is 31.6 Å². The second-order valence-electron chi connectivity index (χ2n) is 14.5. The van der Waals surface area contributed by atoms with Crippen LogP contribution in [0.1, 0.15) is 66.6 Å². The van der Waals surface area contributed by atoms with E-state index in [0.717, 1.165) is 87.6 Å². The second-order valence-corrected chi connectivity index (χ2v) is 15.6. The molecule has 2 saturated heterocycles. The van der Waals surface area contributed by atoms with E-state index in [-0.39, 0.29) is 10.9 Å². The summed E-state index contributed by atoms with van der Waals surface area (Å²) in [5, 5.41) is 19.4. The van der Waals surface area contributed by atoms with E-state index in [1.54, 1.807) is 6.07 Å². The van der Waals surface area contributed by atoms with Crippen molar-refractivity contribution in [1.29, 1.82) is 5.26 Å². The number of thiophene rings is 1. The first-order valence-corrected chi connectivity index (χ1v) is 17.6. The van der Waals surface area contributed by atoms with E-state index in [1.165, 1.54) is 42.1 Å². The number of aromatic nitrogens is 3. The highest BCUT2D eigenvalue weighted by Crippen LogP contribution is 2.68. The molecule has 3 aliphatic carbocycles. The van der Waals surface area contributed by atoms with Gasteiger partial charge in [0, 0.05) is 72.8 Å². The molecule has 47 heavy (non-hydrogen) atoms. The average molecular weight is 664 g/mol. The molecule has 0 radical (unpaired) electrons. The highest BCUT2D eigenvalue weighted by molar-refractivity contribution is 7.18. The maximum absolute atomic E-state index is 13.0. The molecular weight excluding hydrogens is 623 g/mol. The van der Waals surface area contributed by atoms with Gasteiger partial charge in [-0.25, -0.2) is 9.97 Å². The van der Waals surface area contributed by atoms with Gasteiger partial charge < -0.3 is 19.9 Å². The van der Waals surface area contributed by atoms with Gasteiger partial charge in [0.2, 0.25) is 0 Å². The summed E-state index contributed by atoms with van der Waals surface area (Å²) in [5.41, 5.74) is 5.03. The quantitative estimate of drug-likeness (QED) is 0.206. The van der Waals surface area contributed by atoms with Crippen LogP contribution in [0, 0.1) is 23.7 Å². The summed E-state index contributed by atoms with van der Waals surface area (Å²) in [4.78, 5) is 11.9. The van der Waals surface area contributed by atoms with Crippen LogP contribution < -0.4 is 10.6 Å². The highest BCUT2D eigenvalue weighted by Gasteiger charge is 2.67. The van der Waals surface area contributed by atoms with Gasteiger partial charge >= 0.3 is 6.18 Å². The lowest BCUT2D eigenvalue weighted by molar-refractivity contribution is -0.171. The molecular formula is C35H40F3N7OS. The standard InChI is InChI=1S/C35H40F3N7OS/c1-22-23(16-44-8-4-24(5-9-44)42-31-29-13-27(14-35(36,37)38)47-32(29)41-21-40-31)2-3-30-28(22)12-26(15-39)45(30)20-33-17-34(18-33,19-33)43-25-6-10-46-11-7-25/h2-3,12-13,21,24-25,43H,4-11,14,16-20H2,1H3,(H,40,41,42). The Labute approximate surface area is 276 Å². The van der Waals surface area contributed by atoms with Crippen molar-refractivity contribution in [2.45, 2.75) is 95.2 Å². The zero-order valence-electron chi connectivity index (χ0n) is 26.6. The van der Waals surface area contributed by atoms with Gasteiger partial charge in [0.15, 0.2) is 0 Å². The van der Waals surface area contributed by atoms with Gasteiger partial charge in [-0.05, 0) is 86.6 Å². The van der Waals surface area contributed by atoms with Crippen LogP contribution in [0.3, 0.4) is 0 Å². The van der Waals surface area contributed by atoms with Crippen LogP contribution in [-0.4, -0.2) is 69.5 Å². The monoisotopic (exact) mass is 663 g/mol. The highest BCUT2D eigenvalue weighted by atomic mass is 32.1. The molecule has 9 rings (SSSR count). The van der Waals surface area contributed by atoms with Gasteiger partial charge in [-0.1, -0.05) is 6.07 Å². The Hall–Kier alpha value is -3.24. The third-order valence-electron chi connectivity index (χ3n) is 11.0. The van der Waals surface area contributed by atoms with E-state index < -0.39 is 12.6 Å². The number of hydrogen-bond donors (Lipinski definition) is 2. The Morgan fingerprint density at radius 1 is 1.04 bits per heavy atom. The SMILES string of the molecule is Cc1c(CN2CCC(Nc3ncnc4sc(CC(F)(F)F)cc34)CC2)ccc2c1cc(C#N)n2CC12CC(NC3CCOCC3)(C1)C2. The Balaban J connectivity index is 0.894. The first-order valence-electron chi connectivity index (χ1n) is 16.8. The molecule has 0 spiro atoms. The van der Waals surface area contributed by atoms with Crippen molar-refractivity contribution < 1.29 is 17.9 Å². The molecule has 12 heteroatoms. The lowest BCUT2D eigenvalue weighted by atomic mass is 9.39. The minimum atomic E-state index is -4.25. The lowest BCUT2D eigenvalue weighted by Gasteiger charge is -2.72. The van der Waals surface area contributed by atoms with Crippen molar-refractivity contribution in [3.63, 3.8) is 0 Å². The molecule has 5 fully saturated rings. The summed E-state index contributed by atoms with van der Waals surface area (Å²) >= 11 is 1.08. The zero-order chi connectivity index (χ0) is 32.4. The number of nitrogens with zero attached hydrogens (tertiary/aromatic N) is 5. The molecule has 0 atom stereocenters. The predicted octanol–water partition coefficient (Wildman–Crippen LogP) is 6.70. The number of nitrogens with one attached hydrogen (secondary N) is 2. The van der Waals surface area contributed by atoms with Crippen molar-refractivity contribution in [3.05, 3.63) is 52.3 Å². The smallest absolute Gasteiger partial charge is 0.381 e. The van der Waals surface area contributed by atoms with E-state index in [4.69, 9.17) is 4.74 Å². The van der Waals surface area contributed by atoms with Gasteiger partial charge in [-0.3, -0.25) is 4.90 Å². The average Bonchev–Trinajstić information content (AvgIpc) is 3.58. The number of halogens is 3. The number of ether oxygens (including phenoxy) is 1. The Kier molecular flexibility index (Phi) is 7.74. The molecule has 5 aliphatic rings. The predicted molar refractivity (Wildman–Crippen MR) is 176 cm³/mol. The molecule has 0 unspecified atom stereocenters. The number of rotatable bonds is 9. The van der Waals surface area contributed by atoms with E-state index in [1.807, 2.05) is 0 Å². The fourth-order valence-electron chi connectivity index (χ4n) is 8.86. The molecule has 2 bridgehead atoms. The topological polar surface area (TPSA) is 91.0 Å². The molecule has 3 aromatic heterocycles. The number of fused-ring (bicyclic) bond motifs is 2. The third-order valence-corrected chi connectivity index (χ3v) is 12.1. The van der Waals surface area contributed by atoms with Crippen molar-refractivity contribution in [2.24, 2.45) is 5.41 Å². The van der Waals surface area contributed by atoms with Gasteiger partial charge in [-0.15, -0.1) is 11.3 Å². The summed E-state index contributed by atoms with van der Waals surface area (Å²) in [6.45, 7) is 7.46. The van der Waals surface area contributed by atoms with Crippen LogP contribution in [0.15, 0.2) is 30.6 Å². The number of aryl methyl sites for hydroxylation is 1. The lowest BCUT2D eigenvalue weighted by Crippen LogP contribution is -2.76. The van der Waals surface area contributed by atoms with Crippen molar-refractivity contribution >= 4 is 38.3 Å². The number of likely N-dealkylation sites (tertiary alicyclic amines) is 1. The third kappa shape index (κ3) is 6.01. The number of benzene rings is 1. The molecule has 8 nitrogen and oxygen atoms in total. The van der Waals surface area contributed by atoms with Crippen LogP contribution in [0.25, 0.3) is 21.1 Å². The largest absolute Gasteiger partial charge is 0.393 e. The Morgan fingerprint density at radius 2 is 1.81 bits per heavy atom. The van der Waals surface area contributed by atoms with E-state index in [0.29, 0.717) is 33.0 Å². The van der Waals surface area contributed by atoms with E-state index in [2.05, 4.69) is 61.3 Å². The van der Waals surface area contributed by atoms with Crippen LogP contribution >= 0.6 is 11.3 Å². The number of nitriles is 1. The van der Waals surface area contributed by atoms with Gasteiger partial charge in [0.05, 0.1) is 11.8 Å². The summed E-state index contributed by atoms with van der Waals surface area (Å²) in [7, 11) is 0. The fourth-order valence-corrected chi connectivity index (χ4v) is 9.89. The maximum atomic E-state index is 13.0. The van der Waals surface area contributed by atoms with Gasteiger partial charge in [-0.2, -0.15) is 18.4 Å². The zero-order valence-corrected chi connectivity index (χ0v) is 27.4. The summed E-state index contributed by atoms with van der Waals surface area (Å²) in [6, 6.07) is 11.4. The number of alkyl halides is 3. The van der Waals surface area contributed by atoms with E-state index in [9.17, 15) is 18.4 Å². The number of anilines is 1. The number of piperidine rings is 1. The first-order chi connectivity index (χ1) is 22.6. The van der Waals surface area contributed by atoms with Crippen LogP contribution in [-0.2, 0) is 24.2 Å². The molecule has 2 N–H and O–H groups in total. The normalized spacial score (nSPS) is 25.5. The Morgan fingerprint density at radius 3 is 2.53 bits per heavy atom. The summed E-state index contributed by atoms with van der Waals surface area (Å²) in [6.07, 6.45) is 3.83. The molecule has 4 aromatic rings. The van der Waals surface area contributed by atoms with Crippen LogP contribution in [0.5, 0.6) is 0 Å². The summed E-state index contributed by atoms with van der Waals surface area (Å²) < 4.78 is 46.7. The molecule has 3 saturated carbocycles. The van der Waals surface area contributed by atoms with Crippen LogP contribution in [0.4, 0.5) is 19.0 Å². The fraction of sp³-hybridized carbons (Fsp3) is 0.571. The Bertz CT molecular complexity index is 1830. The minimum absolute atomic E-state index is 0.189. The molecule has 1 aromatic carbocycles. The second kappa shape index (κ2) is 11.7. The summed E-state index contributed by atoms with van der Waals surface area (Å²) in [5.74, 6) is 0.613. The maximum Gasteiger partial charge on any atom is 0.393 e. The first kappa shape index (κ1) is 31.1. The molecule has 2 aliphatic heterocycles. The molecule has 0 amide bonds. The van der Waals surface area contributed by atoms with Crippen LogP contribution in [0.2, 0.25) is 0 Å². The molecule has 248 valence electrons. The minimum Gasteiger partial charge on any atom is -0.381 e. The number of hydrogen-bond acceptors (Lipinski definition) is 8. The van der Waals surface area contributed by atoms with Crippen molar-refractivity contribution in [1.82, 2.24) is 24.8 Å². The van der Waals surface area contributed by atoms with Gasteiger partial charge in [0.1, 0.15) is 28.7 Å².